The molecule has 1 aliphatic heterocycles. The summed E-state index contributed by atoms with van der Waals surface area (Å²) in [6.07, 6.45) is 2.35. The molecule has 0 aliphatic carbocycles. The highest BCUT2D eigenvalue weighted by molar-refractivity contribution is 7.99. The Labute approximate surface area is 108 Å². The van der Waals surface area contributed by atoms with E-state index in [0.29, 0.717) is 6.04 Å². The van der Waals surface area contributed by atoms with Crippen molar-refractivity contribution in [2.45, 2.75) is 32.7 Å². The van der Waals surface area contributed by atoms with Crippen molar-refractivity contribution in [1.82, 2.24) is 5.43 Å². The molecule has 2 nitrogen and oxygen atoms in total. The van der Waals surface area contributed by atoms with Crippen LogP contribution in [0, 0.1) is 19.8 Å². The maximum absolute atomic E-state index is 5.73. The zero-order chi connectivity index (χ0) is 12.3. The van der Waals surface area contributed by atoms with Crippen LogP contribution in [0.5, 0.6) is 0 Å². The van der Waals surface area contributed by atoms with Crippen LogP contribution < -0.4 is 11.3 Å². The van der Waals surface area contributed by atoms with Crippen LogP contribution in [0.4, 0.5) is 0 Å². The average molecular weight is 250 g/mol. The van der Waals surface area contributed by atoms with Crippen LogP contribution in [0.3, 0.4) is 0 Å². The van der Waals surface area contributed by atoms with Gasteiger partial charge in [-0.15, -0.1) is 0 Å². The zero-order valence-corrected chi connectivity index (χ0v) is 11.5. The van der Waals surface area contributed by atoms with Gasteiger partial charge in [0, 0.05) is 6.04 Å². The normalized spacial score (nSPS) is 21.7. The first-order chi connectivity index (χ1) is 8.20. The minimum absolute atomic E-state index is 0.422. The molecule has 17 heavy (non-hydrogen) atoms. The first kappa shape index (κ1) is 12.9. The Morgan fingerprint density at radius 2 is 2.29 bits per heavy atom. The van der Waals surface area contributed by atoms with Gasteiger partial charge in [-0.05, 0) is 55.2 Å². The molecular weight excluding hydrogens is 228 g/mol. The van der Waals surface area contributed by atoms with Crippen molar-refractivity contribution in [2.24, 2.45) is 11.8 Å². The second-order valence-electron chi connectivity index (χ2n) is 5.03. The highest BCUT2D eigenvalue weighted by atomic mass is 32.2. The summed E-state index contributed by atoms with van der Waals surface area (Å²) in [6.45, 7) is 4.34. The van der Waals surface area contributed by atoms with E-state index in [1.54, 1.807) is 0 Å². The van der Waals surface area contributed by atoms with Crippen molar-refractivity contribution in [1.29, 1.82) is 0 Å². The number of thioether (sulfide) groups is 1. The lowest BCUT2D eigenvalue weighted by Gasteiger charge is -2.23. The monoisotopic (exact) mass is 250 g/mol. The van der Waals surface area contributed by atoms with Crippen molar-refractivity contribution >= 4 is 11.8 Å². The molecule has 3 heteroatoms. The van der Waals surface area contributed by atoms with E-state index in [4.69, 9.17) is 5.84 Å². The summed E-state index contributed by atoms with van der Waals surface area (Å²) >= 11 is 2.05. The van der Waals surface area contributed by atoms with Gasteiger partial charge in [0.1, 0.15) is 0 Å². The number of nitrogens with two attached hydrogens (primary N) is 1. The fourth-order valence-electron chi connectivity index (χ4n) is 2.49. The molecule has 1 fully saturated rings. The molecule has 0 saturated carbocycles. The fraction of sp³-hybridized carbons (Fsp3) is 0.571. The third kappa shape index (κ3) is 3.24. The maximum Gasteiger partial charge on any atom is 0.0287 e. The number of aryl methyl sites for hydroxylation is 2. The molecule has 0 aromatic heterocycles. The molecule has 2 atom stereocenters. The molecule has 0 bridgehead atoms. The van der Waals surface area contributed by atoms with Crippen molar-refractivity contribution in [3.05, 3.63) is 34.9 Å². The lowest BCUT2D eigenvalue weighted by atomic mass is 9.91. The van der Waals surface area contributed by atoms with Crippen LogP contribution in [0.2, 0.25) is 0 Å². The summed E-state index contributed by atoms with van der Waals surface area (Å²) in [4.78, 5) is 0. The highest BCUT2D eigenvalue weighted by Crippen LogP contribution is 2.28. The smallest absolute Gasteiger partial charge is 0.0287 e. The van der Waals surface area contributed by atoms with Gasteiger partial charge in [0.05, 0.1) is 0 Å². The van der Waals surface area contributed by atoms with Gasteiger partial charge in [0.2, 0.25) is 0 Å². The topological polar surface area (TPSA) is 38.0 Å². The molecule has 2 rings (SSSR count). The largest absolute Gasteiger partial charge is 0.271 e. The van der Waals surface area contributed by atoms with E-state index in [-0.39, 0.29) is 0 Å². The zero-order valence-electron chi connectivity index (χ0n) is 10.7. The van der Waals surface area contributed by atoms with E-state index in [1.807, 2.05) is 11.8 Å². The van der Waals surface area contributed by atoms with Crippen LogP contribution in [0.25, 0.3) is 0 Å². The Morgan fingerprint density at radius 1 is 1.47 bits per heavy atom. The molecule has 0 radical (unpaired) electrons. The van der Waals surface area contributed by atoms with E-state index in [9.17, 15) is 0 Å². The number of hydrazine groups is 1. The Bertz CT molecular complexity index is 372. The van der Waals surface area contributed by atoms with Crippen molar-refractivity contribution in [3.8, 4) is 0 Å². The third-order valence-corrected chi connectivity index (χ3v) is 4.88. The predicted molar refractivity (Wildman–Crippen MR) is 76.2 cm³/mol. The molecule has 1 heterocycles. The van der Waals surface area contributed by atoms with Gasteiger partial charge in [-0.25, -0.2) is 0 Å². The van der Waals surface area contributed by atoms with Crippen LogP contribution >= 0.6 is 11.8 Å². The number of rotatable bonds is 4. The third-order valence-electron chi connectivity index (χ3n) is 3.69. The summed E-state index contributed by atoms with van der Waals surface area (Å²) < 4.78 is 0. The molecule has 0 spiro atoms. The summed E-state index contributed by atoms with van der Waals surface area (Å²) in [5, 5.41) is 0. The second-order valence-corrected chi connectivity index (χ2v) is 6.18. The van der Waals surface area contributed by atoms with Crippen LogP contribution in [-0.4, -0.2) is 17.5 Å². The van der Waals surface area contributed by atoms with Gasteiger partial charge in [-0.1, -0.05) is 23.8 Å². The lowest BCUT2D eigenvalue weighted by molar-refractivity contribution is 0.385. The fourth-order valence-corrected chi connectivity index (χ4v) is 3.83. The maximum atomic E-state index is 5.73. The van der Waals surface area contributed by atoms with Crippen LogP contribution in [0.15, 0.2) is 18.2 Å². The van der Waals surface area contributed by atoms with Gasteiger partial charge in [0.15, 0.2) is 0 Å². The first-order valence-corrected chi connectivity index (χ1v) is 7.46. The number of nitrogens with one attached hydrogen (secondary N) is 1. The van der Waals surface area contributed by atoms with E-state index in [2.05, 4.69) is 37.5 Å². The Morgan fingerprint density at radius 3 is 2.94 bits per heavy atom. The molecule has 94 valence electrons. The summed E-state index contributed by atoms with van der Waals surface area (Å²) in [7, 11) is 0. The molecule has 1 saturated heterocycles. The minimum atomic E-state index is 0.422. The van der Waals surface area contributed by atoms with Gasteiger partial charge >= 0.3 is 0 Å². The average Bonchev–Trinajstić information content (AvgIpc) is 2.84. The molecule has 1 aromatic carbocycles. The molecule has 1 aliphatic rings. The predicted octanol–water partition coefficient (Wildman–Crippen LogP) is 2.43. The molecule has 2 unspecified atom stereocenters. The molecular formula is C14H22N2S. The summed E-state index contributed by atoms with van der Waals surface area (Å²) in [6, 6.07) is 7.10. The van der Waals surface area contributed by atoms with E-state index in [1.165, 1.54) is 34.6 Å². The lowest BCUT2D eigenvalue weighted by Crippen LogP contribution is -2.42. The number of hydrogen-bond acceptors (Lipinski definition) is 3. The second kappa shape index (κ2) is 5.89. The molecule has 0 amide bonds. The quantitative estimate of drug-likeness (QED) is 0.637. The Hall–Kier alpha value is -0.510. The van der Waals surface area contributed by atoms with E-state index >= 15 is 0 Å². The Kier molecular flexibility index (Phi) is 4.48. The summed E-state index contributed by atoms with van der Waals surface area (Å²) in [5.41, 5.74) is 7.17. The SMILES string of the molecule is Cc1ccc(C)c(CC(NN)C2CCSC2)c1. The summed E-state index contributed by atoms with van der Waals surface area (Å²) in [5.74, 6) is 8.99. The minimum Gasteiger partial charge on any atom is -0.271 e. The Balaban J connectivity index is 2.09. The van der Waals surface area contributed by atoms with Crippen LogP contribution in [0.1, 0.15) is 23.1 Å². The standard InChI is InChI=1S/C14H22N2S/c1-10-3-4-11(2)13(7-10)8-14(16-15)12-5-6-17-9-12/h3-4,7,12,14,16H,5-6,8-9,15H2,1-2H3. The van der Waals surface area contributed by atoms with Gasteiger partial charge in [-0.2, -0.15) is 11.8 Å². The molecule has 1 aromatic rings. The number of hydrogen-bond donors (Lipinski definition) is 2. The van der Waals surface area contributed by atoms with Crippen molar-refractivity contribution in [3.63, 3.8) is 0 Å². The van der Waals surface area contributed by atoms with Crippen molar-refractivity contribution in [2.75, 3.05) is 11.5 Å². The van der Waals surface area contributed by atoms with Crippen molar-refractivity contribution < 1.29 is 0 Å². The first-order valence-electron chi connectivity index (χ1n) is 6.30. The van der Waals surface area contributed by atoms with Crippen LogP contribution in [-0.2, 0) is 6.42 Å². The van der Waals surface area contributed by atoms with Gasteiger partial charge < -0.3 is 0 Å². The molecule has 3 N–H and O–H groups in total. The number of benzene rings is 1. The highest BCUT2D eigenvalue weighted by Gasteiger charge is 2.25. The van der Waals surface area contributed by atoms with E-state index < -0.39 is 0 Å². The van der Waals surface area contributed by atoms with E-state index in [0.717, 1.165) is 12.3 Å². The van der Waals surface area contributed by atoms with Gasteiger partial charge in [0.25, 0.3) is 0 Å². The van der Waals surface area contributed by atoms with Gasteiger partial charge in [-0.3, -0.25) is 11.3 Å².